The molecule has 1 aromatic heterocycles. The second-order valence-electron chi connectivity index (χ2n) is 4.19. The van der Waals surface area contributed by atoms with Crippen LogP contribution in [0.25, 0.3) is 0 Å². The Balaban J connectivity index is 2.65. The fraction of sp³-hybridized carbons (Fsp3) is 0.538. The van der Waals surface area contributed by atoms with Crippen LogP contribution in [-0.2, 0) is 20.8 Å². The van der Waals surface area contributed by atoms with Gasteiger partial charge in [-0.2, -0.15) is 0 Å². The summed E-state index contributed by atoms with van der Waals surface area (Å²) in [4.78, 5) is 17.3. The summed E-state index contributed by atoms with van der Waals surface area (Å²) in [6, 6.07) is 1.60. The largest absolute Gasteiger partial charge is 0.469 e. The van der Waals surface area contributed by atoms with Crippen LogP contribution in [0.1, 0.15) is 12.0 Å². The number of nitrogens with zero attached hydrogens (tertiary/aromatic N) is 2. The fourth-order valence-electron chi connectivity index (χ4n) is 1.63. The lowest BCUT2D eigenvalue weighted by Gasteiger charge is -2.21. The Labute approximate surface area is 128 Å². The van der Waals surface area contributed by atoms with E-state index in [9.17, 15) is 4.79 Å². The van der Waals surface area contributed by atoms with Gasteiger partial charge in [-0.05, 0) is 6.07 Å². The van der Waals surface area contributed by atoms with E-state index in [0.29, 0.717) is 42.8 Å². The molecule has 5 nitrogen and oxygen atoms in total. The average Bonchev–Trinajstić information content (AvgIpc) is 2.43. The van der Waals surface area contributed by atoms with Crippen molar-refractivity contribution in [2.45, 2.75) is 13.0 Å². The van der Waals surface area contributed by atoms with Crippen LogP contribution in [0.15, 0.2) is 12.3 Å². The molecule has 0 bridgehead atoms. The van der Waals surface area contributed by atoms with E-state index in [1.807, 2.05) is 0 Å². The molecule has 0 aliphatic carbocycles. The minimum absolute atomic E-state index is 0.243. The van der Waals surface area contributed by atoms with Gasteiger partial charge < -0.3 is 9.47 Å². The summed E-state index contributed by atoms with van der Waals surface area (Å²) >= 11 is 11.9. The van der Waals surface area contributed by atoms with Crippen molar-refractivity contribution in [2.24, 2.45) is 0 Å². The number of pyridine rings is 1. The summed E-state index contributed by atoms with van der Waals surface area (Å²) in [6.45, 7) is 2.39. The van der Waals surface area contributed by atoms with Gasteiger partial charge in [0.1, 0.15) is 5.15 Å². The second-order valence-corrected chi connectivity index (χ2v) is 4.99. The molecule has 20 heavy (non-hydrogen) atoms. The zero-order valence-electron chi connectivity index (χ0n) is 11.6. The van der Waals surface area contributed by atoms with Crippen LogP contribution in [0, 0.1) is 0 Å². The lowest BCUT2D eigenvalue weighted by molar-refractivity contribution is -0.141. The molecule has 0 saturated carbocycles. The van der Waals surface area contributed by atoms with Gasteiger partial charge in [-0.1, -0.05) is 23.2 Å². The maximum absolute atomic E-state index is 11.2. The topological polar surface area (TPSA) is 51.7 Å². The standard InChI is InChI=1S/C13H18Cl2N2O3/c1-19-6-5-17(4-3-13(18)20-2)9-10-8-16-12(15)7-11(10)14/h7-8H,3-6,9H2,1-2H3. The van der Waals surface area contributed by atoms with Crippen molar-refractivity contribution in [3.8, 4) is 0 Å². The number of hydrogen-bond acceptors (Lipinski definition) is 5. The molecule has 0 aliphatic heterocycles. The van der Waals surface area contributed by atoms with Gasteiger partial charge in [-0.25, -0.2) is 4.98 Å². The Morgan fingerprint density at radius 2 is 2.10 bits per heavy atom. The third-order valence-corrected chi connectivity index (χ3v) is 3.32. The Morgan fingerprint density at radius 1 is 1.35 bits per heavy atom. The zero-order chi connectivity index (χ0) is 15.0. The predicted octanol–water partition coefficient (Wildman–Crippen LogP) is 2.40. The Morgan fingerprint density at radius 3 is 2.70 bits per heavy atom. The summed E-state index contributed by atoms with van der Waals surface area (Å²) in [6.07, 6.45) is 1.96. The van der Waals surface area contributed by atoms with E-state index < -0.39 is 0 Å². The Hall–Kier alpha value is -0.880. The average molecular weight is 321 g/mol. The number of hydrogen-bond donors (Lipinski definition) is 0. The molecule has 0 atom stereocenters. The van der Waals surface area contributed by atoms with Crippen molar-refractivity contribution in [1.29, 1.82) is 0 Å². The minimum Gasteiger partial charge on any atom is -0.469 e. The number of esters is 1. The summed E-state index contributed by atoms with van der Waals surface area (Å²) in [5, 5.41) is 0.919. The van der Waals surface area contributed by atoms with E-state index in [2.05, 4.69) is 14.6 Å². The van der Waals surface area contributed by atoms with E-state index in [1.165, 1.54) is 7.11 Å². The molecule has 1 aromatic rings. The smallest absolute Gasteiger partial charge is 0.306 e. The normalized spacial score (nSPS) is 10.8. The van der Waals surface area contributed by atoms with Crippen molar-refractivity contribution in [3.63, 3.8) is 0 Å². The van der Waals surface area contributed by atoms with Crippen molar-refractivity contribution < 1.29 is 14.3 Å². The zero-order valence-corrected chi connectivity index (χ0v) is 13.1. The van der Waals surface area contributed by atoms with E-state index in [4.69, 9.17) is 27.9 Å². The highest BCUT2D eigenvalue weighted by Gasteiger charge is 2.11. The molecule has 112 valence electrons. The third kappa shape index (κ3) is 6.05. The number of carbonyl (C=O) groups is 1. The first-order chi connectivity index (χ1) is 9.56. The summed E-state index contributed by atoms with van der Waals surface area (Å²) < 4.78 is 9.71. The monoisotopic (exact) mass is 320 g/mol. The highest BCUT2D eigenvalue weighted by molar-refractivity contribution is 6.34. The van der Waals surface area contributed by atoms with Gasteiger partial charge in [0.2, 0.25) is 0 Å². The molecule has 7 heteroatoms. The number of aromatic nitrogens is 1. The summed E-state index contributed by atoms with van der Waals surface area (Å²) in [5.41, 5.74) is 0.858. The van der Waals surface area contributed by atoms with Crippen molar-refractivity contribution in [3.05, 3.63) is 28.0 Å². The van der Waals surface area contributed by atoms with Crippen LogP contribution in [0.5, 0.6) is 0 Å². The van der Waals surface area contributed by atoms with Crippen LogP contribution in [-0.4, -0.2) is 49.8 Å². The van der Waals surface area contributed by atoms with Gasteiger partial charge in [0.25, 0.3) is 0 Å². The van der Waals surface area contributed by atoms with Crippen LogP contribution in [0.4, 0.5) is 0 Å². The lowest BCUT2D eigenvalue weighted by Crippen LogP contribution is -2.29. The van der Waals surface area contributed by atoms with E-state index in [1.54, 1.807) is 19.4 Å². The quantitative estimate of drug-likeness (QED) is 0.544. The SMILES string of the molecule is COCCN(CCC(=O)OC)Cc1cnc(Cl)cc1Cl. The molecular formula is C13H18Cl2N2O3. The summed E-state index contributed by atoms with van der Waals surface area (Å²) in [7, 11) is 3.01. The second kappa shape index (κ2) is 9.13. The van der Waals surface area contributed by atoms with Crippen LogP contribution >= 0.6 is 23.2 Å². The molecule has 1 heterocycles. The first kappa shape index (κ1) is 17.2. The fourth-order valence-corrected chi connectivity index (χ4v) is 2.06. The minimum atomic E-state index is -0.243. The maximum Gasteiger partial charge on any atom is 0.306 e. The van der Waals surface area contributed by atoms with Gasteiger partial charge >= 0.3 is 5.97 Å². The van der Waals surface area contributed by atoms with Gasteiger partial charge in [-0.3, -0.25) is 9.69 Å². The number of halogens is 2. The highest BCUT2D eigenvalue weighted by atomic mass is 35.5. The van der Waals surface area contributed by atoms with E-state index in [0.717, 1.165) is 5.56 Å². The van der Waals surface area contributed by atoms with Gasteiger partial charge in [0.15, 0.2) is 0 Å². The van der Waals surface area contributed by atoms with E-state index in [-0.39, 0.29) is 5.97 Å². The Kier molecular flexibility index (Phi) is 7.84. The van der Waals surface area contributed by atoms with Crippen molar-refractivity contribution in [1.82, 2.24) is 9.88 Å². The molecule has 0 saturated heterocycles. The van der Waals surface area contributed by atoms with Gasteiger partial charge in [-0.15, -0.1) is 0 Å². The summed E-state index contributed by atoms with van der Waals surface area (Å²) in [5.74, 6) is -0.243. The molecule has 0 unspecified atom stereocenters. The number of ether oxygens (including phenoxy) is 2. The van der Waals surface area contributed by atoms with Crippen LogP contribution < -0.4 is 0 Å². The molecule has 0 aliphatic rings. The molecule has 0 fully saturated rings. The number of rotatable bonds is 8. The molecule has 0 N–H and O–H groups in total. The molecular weight excluding hydrogens is 303 g/mol. The number of methoxy groups -OCH3 is 2. The van der Waals surface area contributed by atoms with Crippen molar-refractivity contribution in [2.75, 3.05) is 33.9 Å². The van der Waals surface area contributed by atoms with Crippen LogP contribution in [0.3, 0.4) is 0 Å². The maximum atomic E-state index is 11.2. The lowest BCUT2D eigenvalue weighted by atomic mass is 10.2. The predicted molar refractivity (Wildman–Crippen MR) is 78.0 cm³/mol. The molecule has 0 amide bonds. The van der Waals surface area contributed by atoms with E-state index >= 15 is 0 Å². The van der Waals surface area contributed by atoms with Gasteiger partial charge in [0, 0.05) is 43.5 Å². The molecule has 1 rings (SSSR count). The highest BCUT2D eigenvalue weighted by Crippen LogP contribution is 2.20. The van der Waals surface area contributed by atoms with Crippen molar-refractivity contribution >= 4 is 29.2 Å². The Bertz CT molecular complexity index is 444. The molecule has 0 spiro atoms. The molecule has 0 radical (unpaired) electrons. The molecule has 0 aromatic carbocycles. The third-order valence-electron chi connectivity index (χ3n) is 2.76. The first-order valence-electron chi connectivity index (χ1n) is 6.15. The van der Waals surface area contributed by atoms with Gasteiger partial charge in [0.05, 0.1) is 20.1 Å². The first-order valence-corrected chi connectivity index (χ1v) is 6.90. The van der Waals surface area contributed by atoms with Crippen LogP contribution in [0.2, 0.25) is 10.2 Å². The number of carbonyl (C=O) groups excluding carboxylic acids is 1.